The molecule has 0 aromatic heterocycles. The van der Waals surface area contributed by atoms with Crippen molar-refractivity contribution < 1.29 is 9.53 Å². The molecule has 0 aromatic rings. The molecule has 2 aliphatic rings. The second kappa shape index (κ2) is 4.94. The SMILES string of the molecule is CC(=O)N1CCN(C[C@@H]2CCOC2)C(C)(C)C1. The van der Waals surface area contributed by atoms with Gasteiger partial charge in [-0.15, -0.1) is 0 Å². The van der Waals surface area contributed by atoms with Crippen molar-refractivity contribution in [3.05, 3.63) is 0 Å². The molecule has 1 atom stereocenters. The lowest BCUT2D eigenvalue weighted by Gasteiger charge is -2.47. The zero-order chi connectivity index (χ0) is 12.5. The number of hydrogen-bond acceptors (Lipinski definition) is 3. The van der Waals surface area contributed by atoms with Crippen LogP contribution in [0.2, 0.25) is 0 Å². The molecule has 0 bridgehead atoms. The third-order valence-corrected chi connectivity index (χ3v) is 4.02. The quantitative estimate of drug-likeness (QED) is 0.721. The van der Waals surface area contributed by atoms with Crippen LogP contribution in [-0.2, 0) is 9.53 Å². The number of rotatable bonds is 2. The molecule has 0 radical (unpaired) electrons. The van der Waals surface area contributed by atoms with Crippen molar-refractivity contribution in [3.63, 3.8) is 0 Å². The van der Waals surface area contributed by atoms with Gasteiger partial charge in [-0.25, -0.2) is 0 Å². The zero-order valence-corrected chi connectivity index (χ0v) is 11.2. The minimum Gasteiger partial charge on any atom is -0.381 e. The van der Waals surface area contributed by atoms with Crippen LogP contribution in [0.5, 0.6) is 0 Å². The van der Waals surface area contributed by atoms with Crippen molar-refractivity contribution in [2.24, 2.45) is 5.92 Å². The Labute approximate surface area is 104 Å². The van der Waals surface area contributed by atoms with Crippen LogP contribution in [0.3, 0.4) is 0 Å². The summed E-state index contributed by atoms with van der Waals surface area (Å²) in [5.41, 5.74) is 0.0898. The van der Waals surface area contributed by atoms with Gasteiger partial charge in [0, 0.05) is 45.2 Å². The molecule has 0 N–H and O–H groups in total. The number of piperazine rings is 1. The van der Waals surface area contributed by atoms with Gasteiger partial charge in [-0.3, -0.25) is 9.69 Å². The lowest BCUT2D eigenvalue weighted by Crippen LogP contribution is -2.60. The average Bonchev–Trinajstić information content (AvgIpc) is 2.73. The standard InChI is InChI=1S/C13H24N2O2/c1-11(16)14-5-6-15(13(2,3)10-14)8-12-4-7-17-9-12/h12H,4-10H2,1-3H3/t12-/m0/s1. The number of carbonyl (C=O) groups is 1. The van der Waals surface area contributed by atoms with Gasteiger partial charge >= 0.3 is 0 Å². The smallest absolute Gasteiger partial charge is 0.219 e. The minimum absolute atomic E-state index is 0.0898. The Morgan fingerprint density at radius 3 is 2.71 bits per heavy atom. The summed E-state index contributed by atoms with van der Waals surface area (Å²) in [5.74, 6) is 0.875. The van der Waals surface area contributed by atoms with E-state index in [0.717, 1.165) is 39.4 Å². The van der Waals surface area contributed by atoms with Gasteiger partial charge in [0.2, 0.25) is 5.91 Å². The maximum absolute atomic E-state index is 11.4. The Hall–Kier alpha value is -0.610. The second-order valence-corrected chi connectivity index (χ2v) is 5.93. The average molecular weight is 240 g/mol. The van der Waals surface area contributed by atoms with E-state index < -0.39 is 0 Å². The molecule has 0 unspecified atom stereocenters. The van der Waals surface area contributed by atoms with Gasteiger partial charge in [0.1, 0.15) is 0 Å². The molecule has 0 saturated carbocycles. The number of amides is 1. The van der Waals surface area contributed by atoms with Gasteiger partial charge in [-0.2, -0.15) is 0 Å². The normalized spacial score (nSPS) is 29.6. The molecule has 4 heteroatoms. The number of nitrogens with zero attached hydrogens (tertiary/aromatic N) is 2. The van der Waals surface area contributed by atoms with Gasteiger partial charge in [-0.05, 0) is 26.2 Å². The monoisotopic (exact) mass is 240 g/mol. The van der Waals surface area contributed by atoms with Crippen LogP contribution in [-0.4, -0.2) is 60.6 Å². The van der Waals surface area contributed by atoms with Gasteiger partial charge in [0.05, 0.1) is 6.61 Å². The first kappa shape index (κ1) is 12.8. The van der Waals surface area contributed by atoms with Crippen LogP contribution in [0, 0.1) is 5.92 Å². The van der Waals surface area contributed by atoms with Crippen molar-refractivity contribution in [1.82, 2.24) is 9.80 Å². The molecule has 1 amide bonds. The number of ether oxygens (including phenoxy) is 1. The van der Waals surface area contributed by atoms with E-state index in [1.807, 2.05) is 4.90 Å². The molecule has 2 aliphatic heterocycles. The first-order valence-electron chi connectivity index (χ1n) is 6.57. The third kappa shape index (κ3) is 2.99. The zero-order valence-electron chi connectivity index (χ0n) is 11.2. The molecule has 0 aromatic carbocycles. The highest BCUT2D eigenvalue weighted by Crippen LogP contribution is 2.24. The van der Waals surface area contributed by atoms with E-state index in [0.29, 0.717) is 5.92 Å². The molecule has 2 heterocycles. The van der Waals surface area contributed by atoms with Gasteiger partial charge in [0.15, 0.2) is 0 Å². The molecule has 4 nitrogen and oxygen atoms in total. The van der Waals surface area contributed by atoms with E-state index in [1.165, 1.54) is 6.42 Å². The van der Waals surface area contributed by atoms with Crippen LogP contribution in [0.25, 0.3) is 0 Å². The van der Waals surface area contributed by atoms with Crippen LogP contribution < -0.4 is 0 Å². The Kier molecular flexibility index (Phi) is 3.73. The molecule has 17 heavy (non-hydrogen) atoms. The molecule has 2 fully saturated rings. The second-order valence-electron chi connectivity index (χ2n) is 5.93. The van der Waals surface area contributed by atoms with Crippen LogP contribution in [0.1, 0.15) is 27.2 Å². The van der Waals surface area contributed by atoms with E-state index >= 15 is 0 Å². The lowest BCUT2D eigenvalue weighted by atomic mass is 9.96. The molecular formula is C13H24N2O2. The lowest BCUT2D eigenvalue weighted by molar-refractivity contribution is -0.134. The Morgan fingerprint density at radius 1 is 1.41 bits per heavy atom. The van der Waals surface area contributed by atoms with E-state index in [1.54, 1.807) is 6.92 Å². The highest BCUT2D eigenvalue weighted by molar-refractivity contribution is 5.73. The molecule has 98 valence electrons. The fourth-order valence-electron chi connectivity index (χ4n) is 2.84. The van der Waals surface area contributed by atoms with Gasteiger partial charge in [0.25, 0.3) is 0 Å². The maximum Gasteiger partial charge on any atom is 0.219 e. The molecule has 2 rings (SSSR count). The van der Waals surface area contributed by atoms with Crippen LogP contribution >= 0.6 is 0 Å². The van der Waals surface area contributed by atoms with Gasteiger partial charge < -0.3 is 9.64 Å². The first-order chi connectivity index (χ1) is 7.99. The summed E-state index contributed by atoms with van der Waals surface area (Å²) in [7, 11) is 0. The predicted molar refractivity (Wildman–Crippen MR) is 66.8 cm³/mol. The summed E-state index contributed by atoms with van der Waals surface area (Å²) in [6.45, 7) is 11.8. The first-order valence-corrected chi connectivity index (χ1v) is 6.57. The predicted octanol–water partition coefficient (Wildman–Crippen LogP) is 0.966. The Balaban J connectivity index is 1.92. The molecule has 0 aliphatic carbocycles. The summed E-state index contributed by atoms with van der Waals surface area (Å²) < 4.78 is 5.43. The van der Waals surface area contributed by atoms with E-state index in [2.05, 4.69) is 18.7 Å². The Morgan fingerprint density at radius 2 is 2.18 bits per heavy atom. The highest BCUT2D eigenvalue weighted by Gasteiger charge is 2.36. The van der Waals surface area contributed by atoms with E-state index in [4.69, 9.17) is 4.74 Å². The fourth-order valence-corrected chi connectivity index (χ4v) is 2.84. The van der Waals surface area contributed by atoms with Crippen molar-refractivity contribution in [1.29, 1.82) is 0 Å². The summed E-state index contributed by atoms with van der Waals surface area (Å²) in [6, 6.07) is 0. The van der Waals surface area contributed by atoms with Crippen LogP contribution in [0.4, 0.5) is 0 Å². The summed E-state index contributed by atoms with van der Waals surface area (Å²) in [6.07, 6.45) is 1.18. The van der Waals surface area contributed by atoms with Crippen molar-refractivity contribution >= 4 is 5.91 Å². The van der Waals surface area contributed by atoms with Crippen molar-refractivity contribution in [2.45, 2.75) is 32.7 Å². The fraction of sp³-hybridized carbons (Fsp3) is 0.923. The molecule has 0 spiro atoms. The number of carbonyl (C=O) groups excluding carboxylic acids is 1. The summed E-state index contributed by atoms with van der Waals surface area (Å²) in [4.78, 5) is 15.9. The molecule has 2 saturated heterocycles. The highest BCUT2D eigenvalue weighted by atomic mass is 16.5. The molecular weight excluding hydrogens is 216 g/mol. The van der Waals surface area contributed by atoms with E-state index in [9.17, 15) is 4.79 Å². The Bertz CT molecular complexity index is 285. The third-order valence-electron chi connectivity index (χ3n) is 4.02. The largest absolute Gasteiger partial charge is 0.381 e. The number of hydrogen-bond donors (Lipinski definition) is 0. The van der Waals surface area contributed by atoms with E-state index in [-0.39, 0.29) is 11.4 Å². The van der Waals surface area contributed by atoms with Crippen LogP contribution in [0.15, 0.2) is 0 Å². The maximum atomic E-state index is 11.4. The topological polar surface area (TPSA) is 32.8 Å². The summed E-state index contributed by atoms with van der Waals surface area (Å²) in [5, 5.41) is 0. The van der Waals surface area contributed by atoms with Crippen molar-refractivity contribution in [3.8, 4) is 0 Å². The van der Waals surface area contributed by atoms with Gasteiger partial charge in [-0.1, -0.05) is 0 Å². The summed E-state index contributed by atoms with van der Waals surface area (Å²) >= 11 is 0. The van der Waals surface area contributed by atoms with Crippen molar-refractivity contribution in [2.75, 3.05) is 39.4 Å². The minimum atomic E-state index is 0.0898.